The van der Waals surface area contributed by atoms with Gasteiger partial charge in [-0.3, -0.25) is 9.20 Å². The summed E-state index contributed by atoms with van der Waals surface area (Å²) in [5.74, 6) is -0.426. The summed E-state index contributed by atoms with van der Waals surface area (Å²) in [6.07, 6.45) is 1.69. The number of pyridine rings is 1. The van der Waals surface area contributed by atoms with Gasteiger partial charge >= 0.3 is 5.97 Å². The highest BCUT2D eigenvalue weighted by molar-refractivity contribution is 6.30. The van der Waals surface area contributed by atoms with E-state index >= 15 is 0 Å². The van der Waals surface area contributed by atoms with Gasteiger partial charge in [0.05, 0.1) is 11.6 Å². The van der Waals surface area contributed by atoms with E-state index in [-0.39, 0.29) is 6.54 Å². The van der Waals surface area contributed by atoms with Crippen molar-refractivity contribution < 1.29 is 9.90 Å². The Bertz CT molecular complexity index is 926. The van der Waals surface area contributed by atoms with E-state index in [1.165, 1.54) is 0 Å². The molecule has 1 aromatic carbocycles. The summed E-state index contributed by atoms with van der Waals surface area (Å²) < 4.78 is 1.72. The third-order valence-corrected chi connectivity index (χ3v) is 3.53. The number of benzene rings is 1. The van der Waals surface area contributed by atoms with E-state index in [0.29, 0.717) is 27.7 Å². The first-order valence-corrected chi connectivity index (χ1v) is 7.10. The van der Waals surface area contributed by atoms with Crippen molar-refractivity contribution >= 4 is 29.0 Å². The van der Waals surface area contributed by atoms with Gasteiger partial charge in [-0.15, -0.1) is 0 Å². The molecule has 0 aliphatic heterocycles. The maximum absolute atomic E-state index is 10.9. The number of hydrogen-bond donors (Lipinski definition) is 2. The predicted octanol–water partition coefficient (Wildman–Crippen LogP) is 3.02. The first kappa shape index (κ1) is 14.9. The molecule has 0 atom stereocenters. The predicted molar refractivity (Wildman–Crippen MR) is 86.5 cm³/mol. The van der Waals surface area contributed by atoms with Crippen LogP contribution in [0, 0.1) is 11.3 Å². The molecule has 2 heterocycles. The summed E-state index contributed by atoms with van der Waals surface area (Å²) in [7, 11) is 0. The molecule has 6 nitrogen and oxygen atoms in total. The highest BCUT2D eigenvalue weighted by Gasteiger charge is 2.15. The number of anilines is 1. The van der Waals surface area contributed by atoms with E-state index in [1.54, 1.807) is 47.0 Å². The van der Waals surface area contributed by atoms with Crippen molar-refractivity contribution in [2.75, 3.05) is 11.9 Å². The van der Waals surface area contributed by atoms with Gasteiger partial charge < -0.3 is 10.4 Å². The lowest BCUT2D eigenvalue weighted by Gasteiger charge is -2.06. The molecule has 2 aromatic heterocycles. The van der Waals surface area contributed by atoms with Crippen molar-refractivity contribution in [3.63, 3.8) is 0 Å². The molecule has 0 saturated carbocycles. The van der Waals surface area contributed by atoms with Crippen LogP contribution in [-0.4, -0.2) is 27.0 Å². The number of nitrogens with zero attached hydrogens (tertiary/aromatic N) is 3. The molecule has 0 bridgehead atoms. The number of halogens is 1. The average Bonchev–Trinajstić information content (AvgIpc) is 2.91. The minimum atomic E-state index is -0.976. The lowest BCUT2D eigenvalue weighted by Crippen LogP contribution is -2.14. The van der Waals surface area contributed by atoms with Crippen LogP contribution in [0.5, 0.6) is 0 Å². The van der Waals surface area contributed by atoms with Gasteiger partial charge in [0.15, 0.2) is 0 Å². The number of aliphatic carboxylic acids is 1. The molecular weight excluding hydrogens is 316 g/mol. The number of nitrogens with one attached hydrogen (secondary N) is 1. The summed E-state index contributed by atoms with van der Waals surface area (Å²) in [4.78, 5) is 15.4. The molecule has 3 aromatic rings. The van der Waals surface area contributed by atoms with Crippen molar-refractivity contribution in [2.24, 2.45) is 0 Å². The minimum absolute atomic E-state index is 0.242. The van der Waals surface area contributed by atoms with Gasteiger partial charge in [0, 0.05) is 16.8 Å². The van der Waals surface area contributed by atoms with E-state index < -0.39 is 5.97 Å². The van der Waals surface area contributed by atoms with E-state index in [1.807, 2.05) is 0 Å². The van der Waals surface area contributed by atoms with Crippen LogP contribution >= 0.6 is 11.6 Å². The number of aromatic nitrogens is 2. The van der Waals surface area contributed by atoms with Crippen molar-refractivity contribution in [3.05, 3.63) is 53.2 Å². The van der Waals surface area contributed by atoms with E-state index in [0.717, 1.165) is 5.56 Å². The number of carboxylic acid groups (broad SMARTS) is 1. The van der Waals surface area contributed by atoms with Crippen molar-refractivity contribution in [1.29, 1.82) is 5.26 Å². The number of carbonyl (C=O) groups is 1. The second-order valence-electron chi connectivity index (χ2n) is 4.82. The Hall–Kier alpha value is -3.04. The van der Waals surface area contributed by atoms with E-state index in [9.17, 15) is 4.79 Å². The fourth-order valence-corrected chi connectivity index (χ4v) is 2.38. The van der Waals surface area contributed by atoms with Gasteiger partial charge in [0.1, 0.15) is 23.7 Å². The Labute approximate surface area is 136 Å². The number of nitriles is 1. The van der Waals surface area contributed by atoms with E-state index in [2.05, 4.69) is 16.4 Å². The van der Waals surface area contributed by atoms with Crippen LogP contribution in [0.1, 0.15) is 5.56 Å². The van der Waals surface area contributed by atoms with Crippen LogP contribution in [-0.2, 0) is 4.79 Å². The summed E-state index contributed by atoms with van der Waals surface area (Å²) in [6, 6.07) is 12.4. The van der Waals surface area contributed by atoms with Crippen molar-refractivity contribution in [2.45, 2.75) is 0 Å². The highest BCUT2D eigenvalue weighted by Crippen LogP contribution is 2.29. The molecule has 0 spiro atoms. The third-order valence-electron chi connectivity index (χ3n) is 3.28. The molecule has 7 heteroatoms. The Morgan fingerprint density at radius 3 is 2.74 bits per heavy atom. The molecule has 0 radical (unpaired) electrons. The summed E-state index contributed by atoms with van der Waals surface area (Å²) >= 11 is 5.90. The van der Waals surface area contributed by atoms with Crippen LogP contribution in [0.3, 0.4) is 0 Å². The molecule has 114 valence electrons. The van der Waals surface area contributed by atoms with E-state index in [4.69, 9.17) is 22.0 Å². The number of carboxylic acids is 1. The number of imidazole rings is 1. The quantitative estimate of drug-likeness (QED) is 0.769. The van der Waals surface area contributed by atoms with Crippen LogP contribution in [0.25, 0.3) is 16.9 Å². The molecule has 3 rings (SSSR count). The van der Waals surface area contributed by atoms with Gasteiger partial charge in [0.2, 0.25) is 0 Å². The molecule has 0 aliphatic rings. The summed E-state index contributed by atoms with van der Waals surface area (Å²) in [5, 5.41) is 21.4. The molecule has 23 heavy (non-hydrogen) atoms. The molecule has 0 fully saturated rings. The van der Waals surface area contributed by atoms with Gasteiger partial charge in [0.25, 0.3) is 0 Å². The lowest BCUT2D eigenvalue weighted by atomic mass is 10.1. The Kier molecular flexibility index (Phi) is 3.87. The molecule has 0 unspecified atom stereocenters. The largest absolute Gasteiger partial charge is 0.480 e. The smallest absolute Gasteiger partial charge is 0.322 e. The number of fused-ring (bicyclic) bond motifs is 1. The second-order valence-corrected chi connectivity index (χ2v) is 5.26. The fraction of sp³-hybridized carbons (Fsp3) is 0.0625. The van der Waals surface area contributed by atoms with Gasteiger partial charge in [-0.2, -0.15) is 5.26 Å². The monoisotopic (exact) mass is 326 g/mol. The van der Waals surface area contributed by atoms with Gasteiger partial charge in [-0.1, -0.05) is 23.7 Å². The molecule has 0 amide bonds. The fourth-order valence-electron chi connectivity index (χ4n) is 2.25. The highest BCUT2D eigenvalue weighted by atomic mass is 35.5. The zero-order valence-electron chi connectivity index (χ0n) is 11.8. The first-order chi connectivity index (χ1) is 11.1. The topological polar surface area (TPSA) is 90.4 Å². The van der Waals surface area contributed by atoms with Crippen LogP contribution < -0.4 is 5.32 Å². The van der Waals surface area contributed by atoms with Crippen LogP contribution in [0.15, 0.2) is 42.6 Å². The Balaban J connectivity index is 2.17. The Morgan fingerprint density at radius 1 is 1.35 bits per heavy atom. The van der Waals surface area contributed by atoms with Gasteiger partial charge in [-0.25, -0.2) is 4.98 Å². The summed E-state index contributed by atoms with van der Waals surface area (Å²) in [5.41, 5.74) is 2.43. The second kappa shape index (κ2) is 5.99. The van der Waals surface area contributed by atoms with Crippen molar-refractivity contribution in [1.82, 2.24) is 9.38 Å². The van der Waals surface area contributed by atoms with Crippen molar-refractivity contribution in [3.8, 4) is 17.3 Å². The minimum Gasteiger partial charge on any atom is -0.480 e. The third kappa shape index (κ3) is 2.96. The zero-order valence-corrected chi connectivity index (χ0v) is 12.6. The maximum atomic E-state index is 10.9. The first-order valence-electron chi connectivity index (χ1n) is 6.72. The van der Waals surface area contributed by atoms with Gasteiger partial charge in [-0.05, 0) is 24.3 Å². The molecule has 0 aliphatic carbocycles. The van der Waals surface area contributed by atoms with Crippen LogP contribution in [0.4, 0.5) is 5.82 Å². The molecule has 2 N–H and O–H groups in total. The Morgan fingerprint density at radius 2 is 2.09 bits per heavy atom. The average molecular weight is 327 g/mol. The normalized spacial score (nSPS) is 10.4. The molecule has 0 saturated heterocycles. The van der Waals surface area contributed by atoms with Crippen LogP contribution in [0.2, 0.25) is 5.02 Å². The standard InChI is InChI=1S/C16H11ClN4O2/c17-12-3-1-11(2-4-12)15-16(19-9-14(22)23)21-6-5-10(8-18)7-13(21)20-15/h1-7,19H,9H2,(H,22,23). The molecular formula is C16H11ClN4O2. The SMILES string of the molecule is N#Cc1ccn2c(NCC(=O)O)c(-c3ccc(Cl)cc3)nc2c1. The lowest BCUT2D eigenvalue weighted by molar-refractivity contribution is -0.134. The summed E-state index contributed by atoms with van der Waals surface area (Å²) in [6.45, 7) is -0.242. The maximum Gasteiger partial charge on any atom is 0.322 e. The number of rotatable bonds is 4. The zero-order chi connectivity index (χ0) is 16.4. The number of hydrogen-bond acceptors (Lipinski definition) is 4.